The van der Waals surface area contributed by atoms with Gasteiger partial charge in [0.15, 0.2) is 0 Å². The van der Waals surface area contributed by atoms with Gasteiger partial charge in [-0.2, -0.15) is 0 Å². The van der Waals surface area contributed by atoms with Crippen molar-refractivity contribution in [3.63, 3.8) is 0 Å². The zero-order chi connectivity index (χ0) is 19.3. The highest BCUT2D eigenvalue weighted by molar-refractivity contribution is 7.69. The van der Waals surface area contributed by atoms with Crippen LogP contribution in [0.5, 0.6) is 0 Å². The van der Waals surface area contributed by atoms with Gasteiger partial charge in [0.25, 0.3) is 0 Å². The monoisotopic (exact) mass is 374 g/mol. The molecule has 0 spiro atoms. The van der Waals surface area contributed by atoms with Gasteiger partial charge in [-0.1, -0.05) is 52.0 Å². The third-order valence-corrected chi connectivity index (χ3v) is 5.13. The average molecular weight is 374 g/mol. The molecular weight excluding hydrogens is 337 g/mol. The summed E-state index contributed by atoms with van der Waals surface area (Å²) in [5, 5.41) is 0. The molecule has 0 saturated heterocycles. The van der Waals surface area contributed by atoms with E-state index in [1.165, 1.54) is 32.1 Å². The van der Waals surface area contributed by atoms with Gasteiger partial charge in [0, 0.05) is 11.7 Å². The Morgan fingerprint density at radius 2 is 1.60 bits per heavy atom. The summed E-state index contributed by atoms with van der Waals surface area (Å²) in [6.45, 7) is 6.33. The van der Waals surface area contributed by atoms with E-state index in [1.54, 1.807) is 0 Å². The van der Waals surface area contributed by atoms with E-state index >= 15 is 0 Å². The lowest BCUT2D eigenvalue weighted by Crippen LogP contribution is -2.39. The number of rotatable bonds is 15. The summed E-state index contributed by atoms with van der Waals surface area (Å²) in [5.41, 5.74) is 0.314. The highest BCUT2D eigenvalue weighted by Crippen LogP contribution is 2.31. The number of ether oxygens (including phenoxy) is 1. The summed E-state index contributed by atoms with van der Waals surface area (Å²) in [6.07, 6.45) is 9.20. The number of hydrogen-bond acceptors (Lipinski definition) is 4. The number of carbonyl (C=O) groups excluding carboxylic acids is 2. The van der Waals surface area contributed by atoms with E-state index in [2.05, 4.69) is 13.5 Å². The van der Waals surface area contributed by atoms with Gasteiger partial charge in [0.05, 0.1) is 27.7 Å². The van der Waals surface area contributed by atoms with Crippen LogP contribution < -0.4 is 0 Å². The first kappa shape index (κ1) is 24.2. The third kappa shape index (κ3) is 14.1. The number of unbranched alkanes of at least 4 members (excludes halogenated alkanes) is 6. The van der Waals surface area contributed by atoms with E-state index in [0.29, 0.717) is 16.5 Å². The molecule has 1 N–H and O–H groups in total. The lowest BCUT2D eigenvalue weighted by Gasteiger charge is -2.23. The molecule has 1 unspecified atom stereocenters. The molecule has 0 rings (SSSR count). The van der Waals surface area contributed by atoms with Crippen LogP contribution in [0.25, 0.3) is 0 Å². The van der Waals surface area contributed by atoms with Gasteiger partial charge < -0.3 is 14.1 Å². The minimum absolute atomic E-state index is 0.0694. The Labute approximate surface area is 154 Å². The van der Waals surface area contributed by atoms with Crippen LogP contribution in [-0.2, 0) is 14.3 Å². The van der Waals surface area contributed by atoms with Gasteiger partial charge in [0.2, 0.25) is 5.52 Å². The van der Waals surface area contributed by atoms with Crippen molar-refractivity contribution in [3.8, 4) is 0 Å². The minimum Gasteiger partial charge on any atom is -0.462 e. The molecule has 1 atom stereocenters. The fraction of sp³-hybridized carbons (Fsp3) is 0.789. The van der Waals surface area contributed by atoms with Crippen LogP contribution in [0.4, 0.5) is 0 Å². The van der Waals surface area contributed by atoms with Crippen molar-refractivity contribution in [1.82, 2.24) is 0 Å². The maximum absolute atomic E-state index is 11.8. The molecule has 0 bridgehead atoms. The summed E-state index contributed by atoms with van der Waals surface area (Å²) in [6, 6.07) is 0. The van der Waals surface area contributed by atoms with Crippen molar-refractivity contribution in [1.29, 1.82) is 0 Å². The van der Waals surface area contributed by atoms with Crippen LogP contribution in [0.1, 0.15) is 58.3 Å². The largest absolute Gasteiger partial charge is 0.462 e. The topological polar surface area (TPSA) is 63.6 Å². The van der Waals surface area contributed by atoms with Crippen LogP contribution in [0.15, 0.2) is 12.2 Å². The second-order valence-corrected chi connectivity index (χ2v) is 9.32. The Morgan fingerprint density at radius 1 is 1.04 bits per heavy atom. The van der Waals surface area contributed by atoms with E-state index < -0.39 is 14.1 Å². The number of nitrogens with zero attached hydrogens (tertiary/aromatic N) is 1. The van der Waals surface area contributed by atoms with Gasteiger partial charge in [-0.25, -0.2) is 4.79 Å². The maximum atomic E-state index is 11.8. The van der Waals surface area contributed by atoms with Crippen molar-refractivity contribution in [2.24, 2.45) is 0 Å². The molecule has 0 aromatic carbocycles. The molecule has 5 nitrogen and oxygen atoms in total. The Morgan fingerprint density at radius 3 is 2.16 bits per heavy atom. The van der Waals surface area contributed by atoms with E-state index in [-0.39, 0.29) is 24.8 Å². The standard InChI is InChI=1S/C19H37NO4P/c1-6-7-8-9-10-11-12-13-17(2)19(22)24-14-15-25(23)18(21)16-20(3,4)5/h23H,2,6-16H2,1,3-5H3/q+1. The van der Waals surface area contributed by atoms with Gasteiger partial charge in [-0.15, -0.1) is 0 Å². The average Bonchev–Trinajstić information content (AvgIpc) is 2.51. The summed E-state index contributed by atoms with van der Waals surface area (Å²) >= 11 is 0. The molecule has 0 aliphatic carbocycles. The van der Waals surface area contributed by atoms with Crippen LogP contribution in [0.2, 0.25) is 0 Å². The SMILES string of the molecule is C=C(CCCCCCCCC)C(=O)OCCP(O)C(=O)C[N+](C)(C)C. The second kappa shape index (κ2) is 13.4. The lowest BCUT2D eigenvalue weighted by molar-refractivity contribution is -0.861. The molecule has 0 heterocycles. The van der Waals surface area contributed by atoms with E-state index in [1.807, 2.05) is 21.1 Å². The molecule has 146 valence electrons. The molecular formula is C19H37NO4P+. The van der Waals surface area contributed by atoms with Crippen molar-refractivity contribution in [2.45, 2.75) is 58.3 Å². The maximum Gasteiger partial charge on any atom is 0.333 e. The minimum atomic E-state index is -1.74. The van der Waals surface area contributed by atoms with Crippen molar-refractivity contribution < 1.29 is 23.7 Å². The molecule has 0 aromatic rings. The number of likely N-dealkylation sites (N-methyl/N-ethyl adjacent to an activating group) is 1. The van der Waals surface area contributed by atoms with Crippen LogP contribution in [0.3, 0.4) is 0 Å². The van der Waals surface area contributed by atoms with Crippen molar-refractivity contribution in [3.05, 3.63) is 12.2 Å². The molecule has 0 amide bonds. The number of carbonyl (C=O) groups is 2. The fourth-order valence-electron chi connectivity index (χ4n) is 2.34. The highest BCUT2D eigenvalue weighted by Gasteiger charge is 2.22. The zero-order valence-electron chi connectivity index (χ0n) is 16.6. The predicted octanol–water partition coefficient (Wildman–Crippen LogP) is 3.85. The van der Waals surface area contributed by atoms with Crippen LogP contribution in [-0.4, -0.2) is 61.3 Å². The Kier molecular flexibility index (Phi) is 13.0. The number of hydrogen-bond donors (Lipinski definition) is 1. The molecule has 0 fully saturated rings. The van der Waals surface area contributed by atoms with Gasteiger partial charge in [-0.3, -0.25) is 4.79 Å². The summed E-state index contributed by atoms with van der Waals surface area (Å²) in [4.78, 5) is 33.6. The van der Waals surface area contributed by atoms with E-state index in [0.717, 1.165) is 12.8 Å². The van der Waals surface area contributed by atoms with Crippen molar-refractivity contribution in [2.75, 3.05) is 40.5 Å². The quantitative estimate of drug-likeness (QED) is 0.155. The lowest BCUT2D eigenvalue weighted by atomic mass is 10.1. The Balaban J connectivity index is 3.80. The molecule has 0 aliphatic rings. The molecule has 0 aliphatic heterocycles. The van der Waals surface area contributed by atoms with Gasteiger partial charge in [0.1, 0.15) is 14.7 Å². The summed E-state index contributed by atoms with van der Waals surface area (Å²) in [5.74, 6) is -0.409. The first-order chi connectivity index (χ1) is 11.7. The van der Waals surface area contributed by atoms with Crippen molar-refractivity contribution >= 4 is 19.6 Å². The van der Waals surface area contributed by atoms with E-state index in [4.69, 9.17) is 4.74 Å². The summed E-state index contributed by atoms with van der Waals surface area (Å²) in [7, 11) is 3.95. The second-order valence-electron chi connectivity index (χ2n) is 7.58. The first-order valence-corrected chi connectivity index (χ1v) is 10.8. The van der Waals surface area contributed by atoms with Gasteiger partial charge >= 0.3 is 5.97 Å². The predicted molar refractivity (Wildman–Crippen MR) is 105 cm³/mol. The first-order valence-electron chi connectivity index (χ1n) is 9.32. The Hall–Kier alpha value is -0.770. The summed E-state index contributed by atoms with van der Waals surface area (Å²) < 4.78 is 5.60. The molecule has 0 radical (unpaired) electrons. The van der Waals surface area contributed by atoms with Gasteiger partial charge in [-0.05, 0) is 12.8 Å². The van der Waals surface area contributed by atoms with Crippen LogP contribution in [0, 0.1) is 0 Å². The number of esters is 1. The zero-order valence-corrected chi connectivity index (χ0v) is 17.4. The smallest absolute Gasteiger partial charge is 0.333 e. The van der Waals surface area contributed by atoms with E-state index in [9.17, 15) is 14.5 Å². The van der Waals surface area contributed by atoms with Crippen LogP contribution >= 0.6 is 8.15 Å². The highest BCUT2D eigenvalue weighted by atomic mass is 31.1. The number of quaternary nitrogens is 1. The molecule has 6 heteroatoms. The molecule has 25 heavy (non-hydrogen) atoms. The molecule has 0 saturated carbocycles. The third-order valence-electron chi connectivity index (χ3n) is 3.80. The molecule has 0 aromatic heterocycles. The normalized spacial score (nSPS) is 12.7. The Bertz CT molecular complexity index is 418. The fourth-order valence-corrected chi connectivity index (χ4v) is 3.44.